The fourth-order valence-corrected chi connectivity index (χ4v) is 2.50. The third-order valence-corrected chi connectivity index (χ3v) is 3.83. The molecule has 0 aliphatic heterocycles. The van der Waals surface area contributed by atoms with Gasteiger partial charge in [0.15, 0.2) is 11.5 Å². The van der Waals surface area contributed by atoms with E-state index in [1.165, 1.54) is 18.4 Å². The SMILES string of the molecule is COc1cc(-c2ccc(C(N)=S)s2)ccc1O. The van der Waals surface area contributed by atoms with Crippen molar-refractivity contribution in [3.63, 3.8) is 0 Å². The summed E-state index contributed by atoms with van der Waals surface area (Å²) in [5.74, 6) is 0.579. The van der Waals surface area contributed by atoms with Gasteiger partial charge in [-0.25, -0.2) is 0 Å². The molecule has 0 spiro atoms. The van der Waals surface area contributed by atoms with Crippen molar-refractivity contribution in [1.82, 2.24) is 0 Å². The number of hydrogen-bond donors (Lipinski definition) is 2. The van der Waals surface area contributed by atoms with E-state index >= 15 is 0 Å². The van der Waals surface area contributed by atoms with Gasteiger partial charge in [-0.3, -0.25) is 0 Å². The molecule has 0 aliphatic carbocycles. The molecule has 0 unspecified atom stereocenters. The van der Waals surface area contributed by atoms with E-state index in [-0.39, 0.29) is 5.75 Å². The second-order valence-electron chi connectivity index (χ2n) is 3.41. The minimum absolute atomic E-state index is 0.127. The number of nitrogens with two attached hydrogens (primary N) is 1. The molecule has 2 rings (SSSR count). The number of ether oxygens (including phenoxy) is 1. The summed E-state index contributed by atoms with van der Waals surface area (Å²) in [6.45, 7) is 0. The van der Waals surface area contributed by atoms with Crippen LogP contribution in [0.25, 0.3) is 10.4 Å². The van der Waals surface area contributed by atoms with Gasteiger partial charge in [0, 0.05) is 4.88 Å². The zero-order valence-electron chi connectivity index (χ0n) is 9.14. The molecule has 0 aliphatic rings. The number of thiocarbonyl (C=S) groups is 1. The molecule has 5 heteroatoms. The van der Waals surface area contributed by atoms with Gasteiger partial charge in [0.1, 0.15) is 4.99 Å². The quantitative estimate of drug-likeness (QED) is 0.838. The molecule has 0 atom stereocenters. The largest absolute Gasteiger partial charge is 0.504 e. The van der Waals surface area contributed by atoms with Crippen LogP contribution in [0.1, 0.15) is 4.88 Å². The van der Waals surface area contributed by atoms with Crippen molar-refractivity contribution in [3.8, 4) is 21.9 Å². The average Bonchev–Trinajstić information content (AvgIpc) is 2.79. The van der Waals surface area contributed by atoms with Gasteiger partial charge in [0.25, 0.3) is 0 Å². The molecule has 3 nitrogen and oxygen atoms in total. The van der Waals surface area contributed by atoms with Crippen LogP contribution in [-0.4, -0.2) is 17.2 Å². The molecular formula is C12H11NO2S2. The number of benzene rings is 1. The van der Waals surface area contributed by atoms with Gasteiger partial charge in [0.2, 0.25) is 0 Å². The van der Waals surface area contributed by atoms with E-state index in [0.717, 1.165) is 15.3 Å². The molecule has 2 aromatic rings. The van der Waals surface area contributed by atoms with Gasteiger partial charge in [-0.1, -0.05) is 12.2 Å². The van der Waals surface area contributed by atoms with Crippen molar-refractivity contribution < 1.29 is 9.84 Å². The van der Waals surface area contributed by atoms with Gasteiger partial charge in [-0.05, 0) is 35.9 Å². The fraction of sp³-hybridized carbons (Fsp3) is 0.0833. The van der Waals surface area contributed by atoms with Gasteiger partial charge in [0.05, 0.1) is 12.0 Å². The van der Waals surface area contributed by atoms with Gasteiger partial charge < -0.3 is 15.6 Å². The van der Waals surface area contributed by atoms with Gasteiger partial charge in [-0.2, -0.15) is 0 Å². The highest BCUT2D eigenvalue weighted by Gasteiger charge is 2.08. The summed E-state index contributed by atoms with van der Waals surface area (Å²) in [4.78, 5) is 2.31. The Morgan fingerprint density at radius 3 is 2.71 bits per heavy atom. The van der Waals surface area contributed by atoms with Crippen molar-refractivity contribution >= 4 is 28.5 Å². The molecule has 0 radical (unpaired) electrons. The Bertz CT molecular complexity index is 563. The smallest absolute Gasteiger partial charge is 0.161 e. The molecule has 17 heavy (non-hydrogen) atoms. The first-order chi connectivity index (χ1) is 8.11. The second-order valence-corrected chi connectivity index (χ2v) is 4.94. The minimum Gasteiger partial charge on any atom is -0.504 e. The number of aromatic hydroxyl groups is 1. The van der Waals surface area contributed by atoms with Crippen LogP contribution in [0.3, 0.4) is 0 Å². The second kappa shape index (κ2) is 4.73. The highest BCUT2D eigenvalue weighted by molar-refractivity contribution is 7.81. The number of methoxy groups -OCH3 is 1. The predicted molar refractivity (Wildman–Crippen MR) is 73.9 cm³/mol. The lowest BCUT2D eigenvalue weighted by Gasteiger charge is -2.04. The normalized spacial score (nSPS) is 10.2. The number of hydrogen-bond acceptors (Lipinski definition) is 4. The van der Waals surface area contributed by atoms with Crippen LogP contribution < -0.4 is 10.5 Å². The van der Waals surface area contributed by atoms with Crippen LogP contribution in [0.5, 0.6) is 11.5 Å². The van der Waals surface area contributed by atoms with Crippen LogP contribution >= 0.6 is 23.6 Å². The number of rotatable bonds is 3. The maximum absolute atomic E-state index is 9.51. The summed E-state index contributed by atoms with van der Waals surface area (Å²) < 4.78 is 5.07. The molecular weight excluding hydrogens is 254 g/mol. The summed E-state index contributed by atoms with van der Waals surface area (Å²) in [7, 11) is 1.52. The molecule has 88 valence electrons. The molecule has 0 amide bonds. The lowest BCUT2D eigenvalue weighted by atomic mass is 10.1. The van der Waals surface area contributed by atoms with Crippen molar-refractivity contribution in [1.29, 1.82) is 0 Å². The first-order valence-electron chi connectivity index (χ1n) is 4.89. The fourth-order valence-electron chi connectivity index (χ4n) is 1.46. The summed E-state index contributed by atoms with van der Waals surface area (Å²) in [5, 5.41) is 9.51. The Morgan fingerprint density at radius 2 is 2.12 bits per heavy atom. The van der Waals surface area contributed by atoms with Gasteiger partial charge >= 0.3 is 0 Å². The third-order valence-electron chi connectivity index (χ3n) is 2.31. The number of phenols is 1. The molecule has 0 bridgehead atoms. The maximum atomic E-state index is 9.51. The van der Waals surface area contributed by atoms with Crippen molar-refractivity contribution in [2.75, 3.05) is 7.11 Å². The van der Waals surface area contributed by atoms with Gasteiger partial charge in [-0.15, -0.1) is 11.3 Å². The zero-order valence-corrected chi connectivity index (χ0v) is 10.8. The Hall–Kier alpha value is -1.59. The van der Waals surface area contributed by atoms with Crippen LogP contribution in [0.2, 0.25) is 0 Å². The van der Waals surface area contributed by atoms with Crippen molar-refractivity contribution in [2.45, 2.75) is 0 Å². The van der Waals surface area contributed by atoms with E-state index < -0.39 is 0 Å². The van der Waals surface area contributed by atoms with Crippen molar-refractivity contribution in [3.05, 3.63) is 35.2 Å². The summed E-state index contributed by atoms with van der Waals surface area (Å²) in [6.07, 6.45) is 0. The van der Waals surface area contributed by atoms with Crippen LogP contribution in [0, 0.1) is 0 Å². The van der Waals surface area contributed by atoms with Crippen molar-refractivity contribution in [2.24, 2.45) is 5.73 Å². The number of phenolic OH excluding ortho intramolecular Hbond substituents is 1. The number of thiophene rings is 1. The van der Waals surface area contributed by atoms with E-state index in [1.54, 1.807) is 12.1 Å². The first kappa shape index (κ1) is 11.9. The Labute approximate surface area is 108 Å². The molecule has 0 fully saturated rings. The van der Waals surface area contributed by atoms with E-state index in [1.807, 2.05) is 18.2 Å². The molecule has 1 heterocycles. The van der Waals surface area contributed by atoms with Crippen LogP contribution in [0.15, 0.2) is 30.3 Å². The molecule has 0 saturated heterocycles. The third kappa shape index (κ3) is 2.40. The Balaban J connectivity index is 2.42. The topological polar surface area (TPSA) is 55.5 Å². The van der Waals surface area contributed by atoms with E-state index in [4.69, 9.17) is 22.7 Å². The monoisotopic (exact) mass is 265 g/mol. The lowest BCUT2D eigenvalue weighted by molar-refractivity contribution is 0.373. The minimum atomic E-state index is 0.127. The Morgan fingerprint density at radius 1 is 1.35 bits per heavy atom. The lowest BCUT2D eigenvalue weighted by Crippen LogP contribution is -2.06. The Kier molecular flexibility index (Phi) is 3.31. The maximum Gasteiger partial charge on any atom is 0.161 e. The summed E-state index contributed by atoms with van der Waals surface area (Å²) in [5.41, 5.74) is 6.53. The zero-order chi connectivity index (χ0) is 12.4. The predicted octanol–water partition coefficient (Wildman–Crippen LogP) is 2.76. The molecule has 0 saturated carbocycles. The van der Waals surface area contributed by atoms with E-state index in [0.29, 0.717) is 10.7 Å². The van der Waals surface area contributed by atoms with Crippen LogP contribution in [0.4, 0.5) is 0 Å². The highest BCUT2D eigenvalue weighted by Crippen LogP contribution is 2.34. The van der Waals surface area contributed by atoms with E-state index in [9.17, 15) is 5.11 Å². The van der Waals surface area contributed by atoms with E-state index in [2.05, 4.69) is 0 Å². The molecule has 3 N–H and O–H groups in total. The van der Waals surface area contributed by atoms with Crippen LogP contribution in [-0.2, 0) is 0 Å². The summed E-state index contributed by atoms with van der Waals surface area (Å²) in [6, 6.07) is 9.05. The highest BCUT2D eigenvalue weighted by atomic mass is 32.1. The molecule has 1 aromatic heterocycles. The average molecular weight is 265 g/mol. The summed E-state index contributed by atoms with van der Waals surface area (Å²) >= 11 is 6.43. The standard InChI is InChI=1S/C12H11NO2S2/c1-15-9-6-7(2-3-8(9)14)10-4-5-11(17-10)12(13)16/h2-6,14H,1H3,(H2,13,16). The molecule has 1 aromatic carbocycles. The first-order valence-corrected chi connectivity index (χ1v) is 6.11.